The predicted molar refractivity (Wildman–Crippen MR) is 82.5 cm³/mol. The van der Waals surface area contributed by atoms with Gasteiger partial charge in [0.05, 0.1) is 6.54 Å². The van der Waals surface area contributed by atoms with Gasteiger partial charge in [-0.1, -0.05) is 29.3 Å². The minimum atomic E-state index is -0.0137. The van der Waals surface area contributed by atoms with E-state index in [9.17, 15) is 4.79 Å². The van der Waals surface area contributed by atoms with Gasteiger partial charge in [0.2, 0.25) is 5.91 Å². The van der Waals surface area contributed by atoms with Crippen molar-refractivity contribution < 1.29 is 4.79 Å². The summed E-state index contributed by atoms with van der Waals surface area (Å²) in [6.07, 6.45) is 2.76. The zero-order valence-corrected chi connectivity index (χ0v) is 12.4. The van der Waals surface area contributed by atoms with E-state index in [1.807, 2.05) is 0 Å². The molecule has 0 bridgehead atoms. The van der Waals surface area contributed by atoms with Crippen LogP contribution in [0.25, 0.3) is 0 Å². The molecule has 0 saturated heterocycles. The number of amides is 1. The molecule has 0 spiro atoms. The first-order chi connectivity index (χ1) is 10.0. The Bertz CT molecular complexity index is 620. The first kappa shape index (κ1) is 15.0. The Kier molecular flexibility index (Phi) is 4.87. The van der Waals surface area contributed by atoms with E-state index in [0.717, 1.165) is 6.42 Å². The van der Waals surface area contributed by atoms with Gasteiger partial charge in [0.15, 0.2) is 0 Å². The second kappa shape index (κ2) is 6.83. The van der Waals surface area contributed by atoms with Crippen molar-refractivity contribution in [2.24, 2.45) is 0 Å². The van der Waals surface area contributed by atoms with Crippen LogP contribution in [0.4, 0.5) is 5.82 Å². The molecule has 1 amide bonds. The Hall–Kier alpha value is -2.43. The molecule has 5 heteroatoms. The van der Waals surface area contributed by atoms with Crippen molar-refractivity contribution in [3.63, 3.8) is 0 Å². The largest absolute Gasteiger partial charge is 0.384 e. The highest BCUT2D eigenvalue weighted by Gasteiger charge is 2.05. The molecule has 0 fully saturated rings. The fourth-order valence-electron chi connectivity index (χ4n) is 2.24. The van der Waals surface area contributed by atoms with Gasteiger partial charge >= 0.3 is 0 Å². The summed E-state index contributed by atoms with van der Waals surface area (Å²) in [6.45, 7) is 4.43. The summed E-state index contributed by atoms with van der Waals surface area (Å²) >= 11 is 0. The van der Waals surface area contributed by atoms with Crippen LogP contribution in [0.5, 0.6) is 0 Å². The van der Waals surface area contributed by atoms with E-state index in [0.29, 0.717) is 24.6 Å². The van der Waals surface area contributed by atoms with Gasteiger partial charge < -0.3 is 11.1 Å². The first-order valence-electron chi connectivity index (χ1n) is 6.94. The zero-order chi connectivity index (χ0) is 15.2. The third-order valence-electron chi connectivity index (χ3n) is 3.09. The Morgan fingerprint density at radius 2 is 1.95 bits per heavy atom. The van der Waals surface area contributed by atoms with Crippen molar-refractivity contribution in [2.45, 2.75) is 33.2 Å². The topological polar surface area (TPSA) is 80.9 Å². The van der Waals surface area contributed by atoms with Gasteiger partial charge in [0.1, 0.15) is 11.6 Å². The number of benzene rings is 1. The second-order valence-corrected chi connectivity index (χ2v) is 5.17. The molecule has 0 saturated carbocycles. The lowest BCUT2D eigenvalue weighted by Gasteiger charge is -2.06. The number of nitrogens with one attached hydrogen (secondary N) is 1. The molecule has 2 rings (SSSR count). The normalized spacial score (nSPS) is 10.4. The van der Waals surface area contributed by atoms with Gasteiger partial charge in [-0.2, -0.15) is 0 Å². The molecular formula is C16H20N4O. The molecule has 3 N–H and O–H groups in total. The predicted octanol–water partition coefficient (Wildman–Crippen LogP) is 1.92. The number of nitrogens with zero attached hydrogens (tertiary/aromatic N) is 2. The highest BCUT2D eigenvalue weighted by atomic mass is 16.1. The Labute approximate surface area is 124 Å². The summed E-state index contributed by atoms with van der Waals surface area (Å²) in [5.41, 5.74) is 9.19. The number of nitrogen functional groups attached to an aromatic ring is 1. The maximum absolute atomic E-state index is 11.8. The lowest BCUT2D eigenvalue weighted by molar-refractivity contribution is -0.121. The van der Waals surface area contributed by atoms with Crippen molar-refractivity contribution in [1.82, 2.24) is 15.3 Å². The molecular weight excluding hydrogens is 264 g/mol. The van der Waals surface area contributed by atoms with Crippen LogP contribution in [-0.2, 0) is 17.8 Å². The van der Waals surface area contributed by atoms with Gasteiger partial charge in [0, 0.05) is 12.6 Å². The number of aryl methyl sites for hydroxylation is 3. The molecule has 2 aromatic rings. The summed E-state index contributed by atoms with van der Waals surface area (Å²) < 4.78 is 0. The number of anilines is 1. The average Bonchev–Trinajstić information content (AvgIpc) is 2.42. The molecule has 1 aromatic carbocycles. The highest BCUT2D eigenvalue weighted by molar-refractivity contribution is 5.76. The number of aromatic nitrogens is 2. The molecule has 1 heterocycles. The maximum atomic E-state index is 11.8. The summed E-state index contributed by atoms with van der Waals surface area (Å²) in [5, 5.41) is 2.81. The number of carbonyl (C=O) groups excluding carboxylic acids is 1. The molecule has 110 valence electrons. The second-order valence-electron chi connectivity index (χ2n) is 5.17. The van der Waals surface area contributed by atoms with E-state index in [4.69, 9.17) is 5.73 Å². The van der Waals surface area contributed by atoms with Crippen molar-refractivity contribution in [2.75, 3.05) is 5.73 Å². The van der Waals surface area contributed by atoms with Crippen LogP contribution in [0.3, 0.4) is 0 Å². The molecule has 0 aliphatic carbocycles. The summed E-state index contributed by atoms with van der Waals surface area (Å²) in [6, 6.07) is 7.97. The standard InChI is InChI=1S/C16H20N4O/c1-11-7-12(2)9-13(8-11)3-4-16(21)19-10-15-18-6-5-14(17)20-15/h5-9H,3-4,10H2,1-2H3,(H,19,21)(H2,17,18,20). The number of hydrogen-bond donors (Lipinski definition) is 2. The minimum absolute atomic E-state index is 0.0137. The van der Waals surface area contributed by atoms with Crippen LogP contribution in [0, 0.1) is 13.8 Å². The van der Waals surface area contributed by atoms with Gasteiger partial charge in [-0.25, -0.2) is 9.97 Å². The molecule has 0 aliphatic rings. The SMILES string of the molecule is Cc1cc(C)cc(CCC(=O)NCc2nccc(N)n2)c1. The lowest BCUT2D eigenvalue weighted by Crippen LogP contribution is -2.24. The van der Waals surface area contributed by atoms with E-state index in [-0.39, 0.29) is 5.91 Å². The maximum Gasteiger partial charge on any atom is 0.220 e. The third kappa shape index (κ3) is 4.87. The monoisotopic (exact) mass is 284 g/mol. The van der Waals surface area contributed by atoms with E-state index >= 15 is 0 Å². The fraction of sp³-hybridized carbons (Fsp3) is 0.312. The summed E-state index contributed by atoms with van der Waals surface area (Å²) in [5.74, 6) is 0.916. The van der Waals surface area contributed by atoms with Crippen LogP contribution in [0.15, 0.2) is 30.5 Å². The molecule has 21 heavy (non-hydrogen) atoms. The smallest absolute Gasteiger partial charge is 0.220 e. The molecule has 5 nitrogen and oxygen atoms in total. The van der Waals surface area contributed by atoms with E-state index in [2.05, 4.69) is 47.3 Å². The highest BCUT2D eigenvalue weighted by Crippen LogP contribution is 2.10. The van der Waals surface area contributed by atoms with Gasteiger partial charge in [0.25, 0.3) is 0 Å². The van der Waals surface area contributed by atoms with Gasteiger partial charge in [-0.05, 0) is 31.9 Å². The third-order valence-corrected chi connectivity index (χ3v) is 3.09. The van der Waals surface area contributed by atoms with E-state index in [1.165, 1.54) is 16.7 Å². The molecule has 0 aliphatic heterocycles. The fourth-order valence-corrected chi connectivity index (χ4v) is 2.24. The Morgan fingerprint density at radius 3 is 2.62 bits per heavy atom. The van der Waals surface area contributed by atoms with E-state index < -0.39 is 0 Å². The van der Waals surface area contributed by atoms with Gasteiger partial charge in [-0.3, -0.25) is 4.79 Å². The van der Waals surface area contributed by atoms with Gasteiger partial charge in [-0.15, -0.1) is 0 Å². The van der Waals surface area contributed by atoms with Crippen LogP contribution in [0.2, 0.25) is 0 Å². The Balaban J connectivity index is 1.82. The lowest BCUT2D eigenvalue weighted by atomic mass is 10.0. The molecule has 0 radical (unpaired) electrons. The van der Waals surface area contributed by atoms with Crippen LogP contribution >= 0.6 is 0 Å². The number of rotatable bonds is 5. The zero-order valence-electron chi connectivity index (χ0n) is 12.4. The quantitative estimate of drug-likeness (QED) is 0.879. The molecule has 0 unspecified atom stereocenters. The van der Waals surface area contributed by atoms with Crippen LogP contribution in [0.1, 0.15) is 28.9 Å². The number of nitrogens with two attached hydrogens (primary N) is 1. The minimum Gasteiger partial charge on any atom is -0.384 e. The average molecular weight is 284 g/mol. The number of carbonyl (C=O) groups is 1. The van der Waals surface area contributed by atoms with Crippen molar-refractivity contribution in [1.29, 1.82) is 0 Å². The molecule has 1 aromatic heterocycles. The van der Waals surface area contributed by atoms with Crippen LogP contribution < -0.4 is 11.1 Å². The first-order valence-corrected chi connectivity index (χ1v) is 6.94. The molecule has 0 atom stereocenters. The Morgan fingerprint density at radius 1 is 1.24 bits per heavy atom. The number of hydrogen-bond acceptors (Lipinski definition) is 4. The van der Waals surface area contributed by atoms with Crippen molar-refractivity contribution in [3.05, 3.63) is 53.0 Å². The summed E-state index contributed by atoms with van der Waals surface area (Å²) in [7, 11) is 0. The van der Waals surface area contributed by atoms with Crippen molar-refractivity contribution >= 4 is 11.7 Å². The summed E-state index contributed by atoms with van der Waals surface area (Å²) in [4.78, 5) is 19.9. The van der Waals surface area contributed by atoms with Crippen molar-refractivity contribution in [3.8, 4) is 0 Å². The van der Waals surface area contributed by atoms with E-state index in [1.54, 1.807) is 12.3 Å². The van der Waals surface area contributed by atoms with Crippen LogP contribution in [-0.4, -0.2) is 15.9 Å².